The third-order valence-corrected chi connectivity index (χ3v) is 6.18. The van der Waals surface area contributed by atoms with Crippen LogP contribution in [-0.4, -0.2) is 92.9 Å². The van der Waals surface area contributed by atoms with Crippen molar-refractivity contribution in [1.82, 2.24) is 9.80 Å². The molecule has 2 aromatic rings. The summed E-state index contributed by atoms with van der Waals surface area (Å²) in [5, 5.41) is 13.3. The molecule has 1 atom stereocenters. The number of aliphatic hydroxyl groups is 1. The average Bonchev–Trinajstić information content (AvgIpc) is 2.80. The maximum absolute atomic E-state index is 12.6. The quantitative estimate of drug-likeness (QED) is 0.371. The molecule has 36 heavy (non-hydrogen) atoms. The van der Waals surface area contributed by atoms with Crippen LogP contribution in [0.1, 0.15) is 11.1 Å². The molecule has 1 amide bonds. The Bertz CT molecular complexity index is 1130. The number of ether oxygens (including phenoxy) is 2. The van der Waals surface area contributed by atoms with E-state index in [9.17, 15) is 18.3 Å². The van der Waals surface area contributed by atoms with E-state index in [-0.39, 0.29) is 24.8 Å². The normalized spacial score (nSPS) is 15.8. The Kier molecular flexibility index (Phi) is 9.51. The summed E-state index contributed by atoms with van der Waals surface area (Å²) in [4.78, 5) is 16.8. The molecule has 0 saturated carbocycles. The molecule has 12 heteroatoms. The maximum atomic E-state index is 12.6. The second kappa shape index (κ2) is 12.4. The predicted molar refractivity (Wildman–Crippen MR) is 134 cm³/mol. The predicted octanol–water partition coefficient (Wildman–Crippen LogP) is 1.49. The Morgan fingerprint density at radius 3 is 2.22 bits per heavy atom. The Labute approximate surface area is 211 Å². The number of β-amino-alcohol motifs (C(OH)–C–C–N with tert-alkyl or cyclic N) is 1. The Morgan fingerprint density at radius 2 is 1.64 bits per heavy atom. The largest absolute Gasteiger partial charge is 0.493 e. The molecule has 1 aliphatic rings. The molecular weight excluding hydrogens is 490 g/mol. The van der Waals surface area contributed by atoms with Crippen molar-refractivity contribution in [2.75, 3.05) is 58.3 Å². The number of carbonyl (C=O) groups excluding carboxylic acids is 1. The number of piperazine rings is 1. The van der Waals surface area contributed by atoms with Gasteiger partial charge in [0.05, 0.1) is 13.7 Å². The number of anilines is 1. The maximum Gasteiger partial charge on any atom is 0.446 e. The number of aryl methyl sites for hydroxylation is 2. The van der Waals surface area contributed by atoms with E-state index < -0.39 is 16.5 Å². The second-order valence-corrected chi connectivity index (χ2v) is 9.71. The summed E-state index contributed by atoms with van der Waals surface area (Å²) in [5.41, 5.74) is 1.78. The highest BCUT2D eigenvalue weighted by molar-refractivity contribution is 7.81. The molecule has 1 fully saturated rings. The van der Waals surface area contributed by atoms with E-state index in [4.69, 9.17) is 14.0 Å². The van der Waals surface area contributed by atoms with Crippen LogP contribution >= 0.6 is 0 Å². The Balaban J connectivity index is 1.43. The zero-order chi connectivity index (χ0) is 26.3. The molecule has 11 nitrogen and oxygen atoms in total. The minimum atomic E-state index is -4.62. The fraction of sp³-hybridized carbons (Fsp3) is 0.458. The van der Waals surface area contributed by atoms with Gasteiger partial charge in [-0.05, 0) is 49.2 Å². The summed E-state index contributed by atoms with van der Waals surface area (Å²) < 4.78 is 46.2. The monoisotopic (exact) mass is 523 g/mol. The number of para-hydroxylation sites is 2. The van der Waals surface area contributed by atoms with Gasteiger partial charge in [-0.3, -0.25) is 19.1 Å². The van der Waals surface area contributed by atoms with Crippen molar-refractivity contribution in [3.05, 3.63) is 47.5 Å². The van der Waals surface area contributed by atoms with Gasteiger partial charge in [-0.2, -0.15) is 8.42 Å². The van der Waals surface area contributed by atoms with Crippen molar-refractivity contribution in [2.24, 2.45) is 0 Å². The summed E-state index contributed by atoms with van der Waals surface area (Å²) >= 11 is 0. The van der Waals surface area contributed by atoms with E-state index in [0.29, 0.717) is 61.0 Å². The lowest BCUT2D eigenvalue weighted by atomic mass is 10.1. The van der Waals surface area contributed by atoms with Crippen molar-refractivity contribution in [3.8, 4) is 17.2 Å². The van der Waals surface area contributed by atoms with E-state index in [2.05, 4.69) is 14.4 Å². The number of aliphatic hydroxyl groups excluding tert-OH is 1. The SMILES string of the molecule is COc1ccccc1OCC(O)CN1CCN(CC(=O)Nc2c(C)cc(OS(=O)(=O)O)cc2C)CC1. The van der Waals surface area contributed by atoms with Gasteiger partial charge < -0.3 is 24.1 Å². The zero-order valence-electron chi connectivity index (χ0n) is 20.6. The summed E-state index contributed by atoms with van der Waals surface area (Å²) in [6, 6.07) is 10.1. The molecule has 198 valence electrons. The third-order valence-electron chi connectivity index (χ3n) is 5.77. The molecule has 0 spiro atoms. The first kappa shape index (κ1) is 27.7. The lowest BCUT2D eigenvalue weighted by Gasteiger charge is -2.35. The van der Waals surface area contributed by atoms with Gasteiger partial charge in [0.2, 0.25) is 5.91 Å². The lowest BCUT2D eigenvalue weighted by molar-refractivity contribution is -0.117. The molecule has 1 unspecified atom stereocenters. The minimum Gasteiger partial charge on any atom is -0.493 e. The molecule has 0 aliphatic carbocycles. The average molecular weight is 524 g/mol. The Hall–Kier alpha value is -2.90. The van der Waals surface area contributed by atoms with Crippen molar-refractivity contribution in [2.45, 2.75) is 20.0 Å². The molecule has 2 aromatic carbocycles. The summed E-state index contributed by atoms with van der Waals surface area (Å²) in [7, 11) is -3.05. The molecule has 1 saturated heterocycles. The number of rotatable bonds is 11. The third kappa shape index (κ3) is 8.35. The van der Waals surface area contributed by atoms with Crippen LogP contribution in [0.5, 0.6) is 17.2 Å². The number of carbonyl (C=O) groups is 1. The van der Waals surface area contributed by atoms with Crippen LogP contribution in [0.4, 0.5) is 5.69 Å². The Morgan fingerprint density at radius 1 is 1.06 bits per heavy atom. The number of hydrogen-bond acceptors (Lipinski definition) is 9. The van der Waals surface area contributed by atoms with E-state index in [1.165, 1.54) is 12.1 Å². The lowest BCUT2D eigenvalue weighted by Crippen LogP contribution is -2.50. The van der Waals surface area contributed by atoms with Crippen LogP contribution in [0.15, 0.2) is 36.4 Å². The number of methoxy groups -OCH3 is 1. The first-order valence-electron chi connectivity index (χ1n) is 11.5. The highest BCUT2D eigenvalue weighted by atomic mass is 32.3. The van der Waals surface area contributed by atoms with Gasteiger partial charge in [0.25, 0.3) is 0 Å². The molecule has 3 rings (SSSR count). The van der Waals surface area contributed by atoms with Crippen LogP contribution in [0.25, 0.3) is 0 Å². The van der Waals surface area contributed by atoms with Gasteiger partial charge in [0, 0.05) is 38.4 Å². The molecule has 0 bridgehead atoms. The standard InChI is InChI=1S/C24H33N3O8S/c1-17-12-20(35-36(30,31)32)13-18(2)24(17)25-23(29)15-27-10-8-26(9-11-27)14-19(28)16-34-22-7-5-4-6-21(22)33-3/h4-7,12-13,19,28H,8-11,14-16H2,1-3H3,(H,25,29)(H,30,31,32). The molecule has 1 aliphatic heterocycles. The summed E-state index contributed by atoms with van der Waals surface area (Å²) in [6.07, 6.45) is -0.663. The van der Waals surface area contributed by atoms with Crippen LogP contribution in [0.2, 0.25) is 0 Å². The van der Waals surface area contributed by atoms with Gasteiger partial charge in [-0.25, -0.2) is 0 Å². The van der Waals surface area contributed by atoms with Crippen LogP contribution in [0, 0.1) is 13.8 Å². The van der Waals surface area contributed by atoms with E-state index in [1.807, 2.05) is 17.0 Å². The number of hydrogen-bond donors (Lipinski definition) is 3. The first-order valence-corrected chi connectivity index (χ1v) is 12.9. The van der Waals surface area contributed by atoms with Crippen LogP contribution in [0.3, 0.4) is 0 Å². The fourth-order valence-electron chi connectivity index (χ4n) is 4.08. The highest BCUT2D eigenvalue weighted by Gasteiger charge is 2.22. The van der Waals surface area contributed by atoms with Crippen LogP contribution in [-0.2, 0) is 15.2 Å². The van der Waals surface area contributed by atoms with E-state index in [0.717, 1.165) is 0 Å². The number of amides is 1. The van der Waals surface area contributed by atoms with Crippen molar-refractivity contribution < 1.29 is 36.5 Å². The van der Waals surface area contributed by atoms with Gasteiger partial charge in [-0.1, -0.05) is 12.1 Å². The van der Waals surface area contributed by atoms with Gasteiger partial charge >= 0.3 is 10.4 Å². The highest BCUT2D eigenvalue weighted by Crippen LogP contribution is 2.27. The summed E-state index contributed by atoms with van der Waals surface area (Å²) in [5.74, 6) is 0.978. The van der Waals surface area contributed by atoms with Crippen LogP contribution < -0.4 is 19.0 Å². The second-order valence-electron chi connectivity index (χ2n) is 8.68. The molecule has 3 N–H and O–H groups in total. The molecule has 1 heterocycles. The molecule has 0 aromatic heterocycles. The number of nitrogens with one attached hydrogen (secondary N) is 1. The number of nitrogens with zero attached hydrogens (tertiary/aromatic N) is 2. The molecule has 0 radical (unpaired) electrons. The topological polar surface area (TPSA) is 138 Å². The van der Waals surface area contributed by atoms with Crippen molar-refractivity contribution in [1.29, 1.82) is 0 Å². The summed E-state index contributed by atoms with van der Waals surface area (Å²) in [6.45, 7) is 7.00. The number of benzene rings is 2. The van der Waals surface area contributed by atoms with Crippen molar-refractivity contribution >= 4 is 22.0 Å². The molecular formula is C24H33N3O8S. The first-order chi connectivity index (χ1) is 17.0. The van der Waals surface area contributed by atoms with Gasteiger partial charge in [0.15, 0.2) is 11.5 Å². The van der Waals surface area contributed by atoms with Gasteiger partial charge in [0.1, 0.15) is 18.5 Å². The zero-order valence-corrected chi connectivity index (χ0v) is 21.5. The minimum absolute atomic E-state index is 0.0304. The van der Waals surface area contributed by atoms with E-state index >= 15 is 0 Å². The fourth-order valence-corrected chi connectivity index (χ4v) is 4.42. The van der Waals surface area contributed by atoms with Crippen molar-refractivity contribution in [3.63, 3.8) is 0 Å². The van der Waals surface area contributed by atoms with E-state index in [1.54, 1.807) is 33.1 Å². The smallest absolute Gasteiger partial charge is 0.446 e. The van der Waals surface area contributed by atoms with Gasteiger partial charge in [-0.15, -0.1) is 0 Å².